The standard InChI is InChI=1S/C19H18N2O3S/c1-13-6-8-16(9-7-13)20(2)18(23)15-5-3-4-14(10-15)11-21-17(22)12-25-19(21)24/h3-10H,11-12H2,1-2H3. The van der Waals surface area contributed by atoms with E-state index in [4.69, 9.17) is 0 Å². The van der Waals surface area contributed by atoms with E-state index >= 15 is 0 Å². The normalized spacial score (nSPS) is 14.1. The van der Waals surface area contributed by atoms with Crippen LogP contribution in [0.3, 0.4) is 0 Å². The van der Waals surface area contributed by atoms with Gasteiger partial charge in [0.1, 0.15) is 0 Å². The van der Waals surface area contributed by atoms with Gasteiger partial charge in [0.05, 0.1) is 12.3 Å². The molecule has 1 fully saturated rings. The van der Waals surface area contributed by atoms with E-state index in [1.54, 1.807) is 30.1 Å². The van der Waals surface area contributed by atoms with Gasteiger partial charge in [0.15, 0.2) is 0 Å². The summed E-state index contributed by atoms with van der Waals surface area (Å²) in [4.78, 5) is 39.0. The monoisotopic (exact) mass is 354 g/mol. The fraction of sp³-hybridized carbons (Fsp3) is 0.211. The second kappa shape index (κ2) is 7.11. The average Bonchev–Trinajstić information content (AvgIpc) is 2.93. The summed E-state index contributed by atoms with van der Waals surface area (Å²) < 4.78 is 0. The van der Waals surface area contributed by atoms with Gasteiger partial charge >= 0.3 is 0 Å². The number of thioether (sulfide) groups is 1. The molecule has 1 aliphatic rings. The van der Waals surface area contributed by atoms with E-state index in [2.05, 4.69) is 0 Å². The van der Waals surface area contributed by atoms with Crippen LogP contribution in [0.2, 0.25) is 0 Å². The highest BCUT2D eigenvalue weighted by Crippen LogP contribution is 2.22. The minimum absolute atomic E-state index is 0.140. The van der Waals surface area contributed by atoms with Gasteiger partial charge in [0.25, 0.3) is 11.1 Å². The first-order valence-electron chi connectivity index (χ1n) is 7.86. The minimum Gasteiger partial charge on any atom is -0.311 e. The van der Waals surface area contributed by atoms with Crippen molar-refractivity contribution >= 4 is 34.5 Å². The molecule has 3 amide bonds. The van der Waals surface area contributed by atoms with E-state index in [-0.39, 0.29) is 29.4 Å². The molecule has 0 unspecified atom stereocenters. The Morgan fingerprint density at radius 1 is 1.16 bits per heavy atom. The van der Waals surface area contributed by atoms with Crippen molar-refractivity contribution in [2.24, 2.45) is 0 Å². The van der Waals surface area contributed by atoms with Gasteiger partial charge in [-0.2, -0.15) is 0 Å². The summed E-state index contributed by atoms with van der Waals surface area (Å²) in [6.45, 7) is 2.19. The quantitative estimate of drug-likeness (QED) is 0.844. The van der Waals surface area contributed by atoms with Crippen LogP contribution in [-0.2, 0) is 11.3 Å². The molecular weight excluding hydrogens is 336 g/mol. The van der Waals surface area contributed by atoms with Crippen LogP contribution in [0.25, 0.3) is 0 Å². The summed E-state index contributed by atoms with van der Waals surface area (Å²) in [5.41, 5.74) is 3.21. The summed E-state index contributed by atoms with van der Waals surface area (Å²) in [5.74, 6) is -0.143. The Labute approximate surface area is 150 Å². The Morgan fingerprint density at radius 2 is 1.88 bits per heavy atom. The van der Waals surface area contributed by atoms with Crippen LogP contribution in [0.5, 0.6) is 0 Å². The first-order valence-corrected chi connectivity index (χ1v) is 8.85. The largest absolute Gasteiger partial charge is 0.311 e. The van der Waals surface area contributed by atoms with Crippen molar-refractivity contribution in [1.29, 1.82) is 0 Å². The molecule has 0 radical (unpaired) electrons. The number of hydrogen-bond acceptors (Lipinski definition) is 4. The molecule has 5 nitrogen and oxygen atoms in total. The fourth-order valence-corrected chi connectivity index (χ4v) is 3.32. The number of hydrogen-bond donors (Lipinski definition) is 0. The van der Waals surface area contributed by atoms with Gasteiger partial charge in [-0.25, -0.2) is 0 Å². The zero-order valence-corrected chi connectivity index (χ0v) is 14.9. The van der Waals surface area contributed by atoms with Crippen LogP contribution < -0.4 is 4.90 Å². The lowest BCUT2D eigenvalue weighted by molar-refractivity contribution is -0.125. The lowest BCUT2D eigenvalue weighted by Gasteiger charge is -2.18. The average molecular weight is 354 g/mol. The zero-order valence-electron chi connectivity index (χ0n) is 14.1. The number of nitrogens with zero attached hydrogens (tertiary/aromatic N) is 2. The molecular formula is C19H18N2O3S. The molecule has 6 heteroatoms. The molecule has 0 atom stereocenters. The number of benzene rings is 2. The first kappa shape index (κ1) is 17.2. The maximum atomic E-state index is 12.7. The molecule has 0 saturated carbocycles. The molecule has 128 valence electrons. The number of amides is 3. The van der Waals surface area contributed by atoms with Crippen LogP contribution >= 0.6 is 11.8 Å². The van der Waals surface area contributed by atoms with Gasteiger partial charge in [0.2, 0.25) is 5.91 Å². The molecule has 0 aliphatic carbocycles. The minimum atomic E-state index is -0.237. The van der Waals surface area contributed by atoms with E-state index in [1.807, 2.05) is 37.3 Å². The second-order valence-electron chi connectivity index (χ2n) is 5.93. The summed E-state index contributed by atoms with van der Waals surface area (Å²) in [5, 5.41) is -0.237. The van der Waals surface area contributed by atoms with Gasteiger partial charge in [-0.15, -0.1) is 0 Å². The highest BCUT2D eigenvalue weighted by molar-refractivity contribution is 8.14. The van der Waals surface area contributed by atoms with E-state index in [0.717, 1.165) is 28.6 Å². The maximum Gasteiger partial charge on any atom is 0.289 e. The van der Waals surface area contributed by atoms with E-state index in [9.17, 15) is 14.4 Å². The third-order valence-electron chi connectivity index (χ3n) is 4.08. The van der Waals surface area contributed by atoms with Crippen molar-refractivity contribution in [2.45, 2.75) is 13.5 Å². The SMILES string of the molecule is Cc1ccc(N(C)C(=O)c2cccc(CN3C(=O)CSC3=O)c2)cc1. The van der Waals surface area contributed by atoms with Crippen LogP contribution in [-0.4, -0.2) is 34.8 Å². The third kappa shape index (κ3) is 3.74. The molecule has 1 aliphatic heterocycles. The zero-order chi connectivity index (χ0) is 18.0. The predicted molar refractivity (Wildman–Crippen MR) is 98.8 cm³/mol. The summed E-state index contributed by atoms with van der Waals surface area (Å²) in [7, 11) is 1.73. The molecule has 0 bridgehead atoms. The van der Waals surface area contributed by atoms with Gasteiger partial charge < -0.3 is 4.90 Å². The van der Waals surface area contributed by atoms with Crippen LogP contribution in [0, 0.1) is 6.92 Å². The van der Waals surface area contributed by atoms with E-state index in [1.165, 1.54) is 4.90 Å². The lowest BCUT2D eigenvalue weighted by atomic mass is 10.1. The molecule has 3 rings (SSSR count). The summed E-state index contributed by atoms with van der Waals surface area (Å²) in [6.07, 6.45) is 0. The molecule has 1 saturated heterocycles. The molecule has 25 heavy (non-hydrogen) atoms. The van der Waals surface area contributed by atoms with Crippen molar-refractivity contribution in [3.8, 4) is 0 Å². The molecule has 2 aromatic rings. The number of carbonyl (C=O) groups excluding carboxylic acids is 3. The van der Waals surface area contributed by atoms with Gasteiger partial charge in [-0.3, -0.25) is 19.3 Å². The maximum absolute atomic E-state index is 12.7. The first-order chi connectivity index (χ1) is 12.0. The van der Waals surface area contributed by atoms with Crippen LogP contribution in [0.4, 0.5) is 10.5 Å². The molecule has 1 heterocycles. The van der Waals surface area contributed by atoms with E-state index in [0.29, 0.717) is 5.56 Å². The summed E-state index contributed by atoms with van der Waals surface area (Å²) in [6, 6.07) is 14.8. The number of imide groups is 1. The smallest absolute Gasteiger partial charge is 0.289 e. The molecule has 0 N–H and O–H groups in total. The van der Waals surface area contributed by atoms with Crippen LogP contribution in [0.1, 0.15) is 21.5 Å². The molecule has 0 aromatic heterocycles. The fourth-order valence-electron chi connectivity index (χ4n) is 2.60. The highest BCUT2D eigenvalue weighted by atomic mass is 32.2. The number of rotatable bonds is 4. The third-order valence-corrected chi connectivity index (χ3v) is 4.94. The number of aryl methyl sites for hydroxylation is 1. The Morgan fingerprint density at radius 3 is 2.52 bits per heavy atom. The van der Waals surface area contributed by atoms with Crippen LogP contribution in [0.15, 0.2) is 48.5 Å². The van der Waals surface area contributed by atoms with E-state index < -0.39 is 0 Å². The topological polar surface area (TPSA) is 57.7 Å². The summed E-state index contributed by atoms with van der Waals surface area (Å²) >= 11 is 1.01. The Hall–Kier alpha value is -2.60. The number of anilines is 1. The van der Waals surface area contributed by atoms with Gasteiger partial charge in [-0.05, 0) is 36.8 Å². The van der Waals surface area contributed by atoms with Crippen molar-refractivity contribution in [1.82, 2.24) is 4.90 Å². The molecule has 2 aromatic carbocycles. The number of carbonyl (C=O) groups is 3. The van der Waals surface area contributed by atoms with Crippen molar-refractivity contribution in [3.63, 3.8) is 0 Å². The molecule has 0 spiro atoms. The highest BCUT2D eigenvalue weighted by Gasteiger charge is 2.29. The second-order valence-corrected chi connectivity index (χ2v) is 6.86. The van der Waals surface area contributed by atoms with Crippen molar-refractivity contribution in [2.75, 3.05) is 17.7 Å². The predicted octanol–water partition coefficient (Wildman–Crippen LogP) is 3.47. The lowest BCUT2D eigenvalue weighted by Crippen LogP contribution is -2.28. The van der Waals surface area contributed by atoms with Crippen molar-refractivity contribution in [3.05, 3.63) is 65.2 Å². The van der Waals surface area contributed by atoms with Gasteiger partial charge in [0, 0.05) is 18.3 Å². The van der Waals surface area contributed by atoms with Gasteiger partial charge in [-0.1, -0.05) is 41.6 Å². The Bertz CT molecular complexity index is 817. The Balaban J connectivity index is 1.78. The van der Waals surface area contributed by atoms with Crippen molar-refractivity contribution < 1.29 is 14.4 Å². The Kier molecular flexibility index (Phi) is 4.90.